The first-order valence-corrected chi connectivity index (χ1v) is 10.7. The van der Waals surface area contributed by atoms with Crippen molar-refractivity contribution in [3.05, 3.63) is 35.9 Å². The molecule has 2 N–H and O–H groups in total. The van der Waals surface area contributed by atoms with E-state index in [1.807, 2.05) is 30.3 Å². The Morgan fingerprint density at radius 1 is 1.18 bits per heavy atom. The van der Waals surface area contributed by atoms with Crippen LogP contribution < -0.4 is 10.6 Å². The number of nitrogens with zero attached hydrogens (tertiary/aromatic N) is 2. The van der Waals surface area contributed by atoms with Gasteiger partial charge >= 0.3 is 0 Å². The van der Waals surface area contributed by atoms with Crippen LogP contribution in [0.3, 0.4) is 0 Å². The molecule has 0 radical (unpaired) electrons. The zero-order valence-corrected chi connectivity index (χ0v) is 17.1. The van der Waals surface area contributed by atoms with Gasteiger partial charge in [-0.1, -0.05) is 30.3 Å². The first-order chi connectivity index (χ1) is 13.0. The molecule has 10 heteroatoms. The molecule has 154 valence electrons. The fourth-order valence-electron chi connectivity index (χ4n) is 2.90. The maximum Gasteiger partial charge on any atom is 0.247 e. The van der Waals surface area contributed by atoms with Crippen molar-refractivity contribution in [2.24, 2.45) is 0 Å². The van der Waals surface area contributed by atoms with Crippen molar-refractivity contribution >= 4 is 27.7 Å². The van der Waals surface area contributed by atoms with Gasteiger partial charge in [0.05, 0.1) is 19.3 Å². The molecule has 0 aliphatic carbocycles. The highest BCUT2D eigenvalue weighted by Gasteiger charge is 2.47. The van der Waals surface area contributed by atoms with Crippen molar-refractivity contribution in [1.82, 2.24) is 19.8 Å². The molecule has 0 spiro atoms. The van der Waals surface area contributed by atoms with Gasteiger partial charge in [-0.25, -0.2) is 8.42 Å². The van der Waals surface area contributed by atoms with Gasteiger partial charge in [0, 0.05) is 20.1 Å². The smallest absolute Gasteiger partial charge is 0.247 e. The number of sulfonamides is 1. The van der Waals surface area contributed by atoms with Gasteiger partial charge in [-0.15, -0.1) is 0 Å². The molecule has 1 fully saturated rings. The molecule has 0 unspecified atom stereocenters. The number of nitrogens with one attached hydrogen (secondary N) is 2. The Bertz CT molecular complexity index is 843. The molecule has 1 atom stereocenters. The largest absolute Gasteiger partial charge is 0.354 e. The lowest BCUT2D eigenvalue weighted by Gasteiger charge is -2.44. The van der Waals surface area contributed by atoms with Gasteiger partial charge in [0.2, 0.25) is 27.7 Å². The number of hydrogen-bond donors (Lipinski definition) is 2. The van der Waals surface area contributed by atoms with E-state index in [-0.39, 0.29) is 25.5 Å². The lowest BCUT2D eigenvalue weighted by Crippen LogP contribution is -2.68. The third-order valence-corrected chi connectivity index (χ3v) is 6.05. The SMILES string of the molecule is CN1C(=O)CN(S(C)(=O)=O)C[C@@]1(C)C(=O)NCC(=O)NCCc1ccccc1. The Labute approximate surface area is 165 Å². The summed E-state index contributed by atoms with van der Waals surface area (Å²) in [6, 6.07) is 9.66. The number of carbonyl (C=O) groups excluding carboxylic acids is 3. The van der Waals surface area contributed by atoms with Crippen LogP contribution in [0.1, 0.15) is 12.5 Å². The minimum Gasteiger partial charge on any atom is -0.354 e. The lowest BCUT2D eigenvalue weighted by atomic mass is 9.96. The highest BCUT2D eigenvalue weighted by Crippen LogP contribution is 2.22. The molecule has 1 heterocycles. The second-order valence-corrected chi connectivity index (χ2v) is 9.01. The first kappa shape index (κ1) is 21.8. The Kier molecular flexibility index (Phi) is 6.78. The van der Waals surface area contributed by atoms with Crippen molar-refractivity contribution in [3.63, 3.8) is 0 Å². The van der Waals surface area contributed by atoms with E-state index in [0.29, 0.717) is 13.0 Å². The van der Waals surface area contributed by atoms with E-state index >= 15 is 0 Å². The summed E-state index contributed by atoms with van der Waals surface area (Å²) in [5.41, 5.74) is -0.314. The second kappa shape index (κ2) is 8.70. The summed E-state index contributed by atoms with van der Waals surface area (Å²) in [6.07, 6.45) is 1.66. The predicted octanol–water partition coefficient (Wildman–Crippen LogP) is -1.05. The van der Waals surface area contributed by atoms with Crippen LogP contribution in [0, 0.1) is 0 Å². The summed E-state index contributed by atoms with van der Waals surface area (Å²) in [7, 11) is -2.18. The average Bonchev–Trinajstić information content (AvgIpc) is 2.63. The van der Waals surface area contributed by atoms with Crippen LogP contribution in [-0.2, 0) is 30.8 Å². The number of amides is 3. The summed E-state index contributed by atoms with van der Waals surface area (Å²) in [6.45, 7) is 1.17. The Morgan fingerprint density at radius 3 is 2.43 bits per heavy atom. The number of carbonyl (C=O) groups is 3. The van der Waals surface area contributed by atoms with Gasteiger partial charge < -0.3 is 15.5 Å². The monoisotopic (exact) mass is 410 g/mol. The summed E-state index contributed by atoms with van der Waals surface area (Å²) in [5.74, 6) is -1.44. The molecule has 0 saturated carbocycles. The number of likely N-dealkylation sites (N-methyl/N-ethyl adjacent to an activating group) is 1. The standard InChI is InChI=1S/C18H26N4O5S/c1-18(13-22(28(3,26)27)12-16(24)21(18)2)17(25)20-11-15(23)19-10-9-14-7-5-4-6-8-14/h4-8H,9-13H2,1-3H3,(H,19,23)(H,20,25)/t18-/m0/s1. The van der Waals surface area contributed by atoms with Crippen LogP contribution in [0.2, 0.25) is 0 Å². The van der Waals surface area contributed by atoms with Gasteiger partial charge in [0.1, 0.15) is 5.54 Å². The minimum atomic E-state index is -3.63. The van der Waals surface area contributed by atoms with Gasteiger partial charge in [-0.05, 0) is 18.9 Å². The van der Waals surface area contributed by atoms with Crippen LogP contribution in [0.25, 0.3) is 0 Å². The Morgan fingerprint density at radius 2 is 1.82 bits per heavy atom. The quantitative estimate of drug-likeness (QED) is 0.595. The molecule has 1 aliphatic rings. The highest BCUT2D eigenvalue weighted by atomic mass is 32.2. The van der Waals surface area contributed by atoms with Crippen molar-refractivity contribution in [2.75, 3.05) is 39.5 Å². The van der Waals surface area contributed by atoms with E-state index in [1.165, 1.54) is 18.9 Å². The fourth-order valence-corrected chi connectivity index (χ4v) is 3.73. The maximum absolute atomic E-state index is 12.6. The lowest BCUT2D eigenvalue weighted by molar-refractivity contribution is -0.150. The minimum absolute atomic E-state index is 0.171. The molecular formula is C18H26N4O5S. The molecule has 1 aromatic carbocycles. The molecule has 9 nitrogen and oxygen atoms in total. The third-order valence-electron chi connectivity index (χ3n) is 4.86. The second-order valence-electron chi connectivity index (χ2n) is 7.03. The number of rotatable bonds is 7. The van der Waals surface area contributed by atoms with Crippen LogP contribution in [0.5, 0.6) is 0 Å². The van der Waals surface area contributed by atoms with Gasteiger partial charge in [0.25, 0.3) is 0 Å². The van der Waals surface area contributed by atoms with Gasteiger partial charge in [-0.2, -0.15) is 4.31 Å². The third kappa shape index (κ3) is 5.29. The zero-order valence-electron chi connectivity index (χ0n) is 16.3. The summed E-state index contributed by atoms with van der Waals surface area (Å²) < 4.78 is 24.6. The molecule has 1 aromatic rings. The molecule has 2 rings (SSSR count). The van der Waals surface area contributed by atoms with E-state index in [1.54, 1.807) is 0 Å². The zero-order chi connectivity index (χ0) is 20.9. The molecule has 0 aromatic heterocycles. The van der Waals surface area contributed by atoms with Gasteiger partial charge in [0.15, 0.2) is 0 Å². The highest BCUT2D eigenvalue weighted by molar-refractivity contribution is 7.88. The molecule has 28 heavy (non-hydrogen) atoms. The molecule has 1 saturated heterocycles. The Hall–Kier alpha value is -2.46. The Balaban J connectivity index is 1.89. The number of piperazine rings is 1. The van der Waals surface area contributed by atoms with E-state index < -0.39 is 27.4 Å². The molecular weight excluding hydrogens is 384 g/mol. The normalized spacial score (nSPS) is 20.7. The van der Waals surface area contributed by atoms with E-state index in [2.05, 4.69) is 10.6 Å². The van der Waals surface area contributed by atoms with Gasteiger partial charge in [-0.3, -0.25) is 14.4 Å². The molecule has 0 bridgehead atoms. The van der Waals surface area contributed by atoms with E-state index in [0.717, 1.165) is 16.1 Å². The van der Waals surface area contributed by atoms with Crippen LogP contribution >= 0.6 is 0 Å². The number of benzene rings is 1. The fraction of sp³-hybridized carbons (Fsp3) is 0.500. The van der Waals surface area contributed by atoms with E-state index in [4.69, 9.17) is 0 Å². The van der Waals surface area contributed by atoms with Crippen molar-refractivity contribution in [3.8, 4) is 0 Å². The molecule has 3 amide bonds. The average molecular weight is 410 g/mol. The maximum atomic E-state index is 12.6. The van der Waals surface area contributed by atoms with Crippen LogP contribution in [0.4, 0.5) is 0 Å². The van der Waals surface area contributed by atoms with Crippen LogP contribution in [0.15, 0.2) is 30.3 Å². The molecule has 1 aliphatic heterocycles. The van der Waals surface area contributed by atoms with Crippen molar-refractivity contribution in [1.29, 1.82) is 0 Å². The first-order valence-electron chi connectivity index (χ1n) is 8.85. The summed E-state index contributed by atoms with van der Waals surface area (Å²) in [5, 5.41) is 5.21. The topological polar surface area (TPSA) is 116 Å². The van der Waals surface area contributed by atoms with E-state index in [9.17, 15) is 22.8 Å². The van der Waals surface area contributed by atoms with Crippen LogP contribution in [-0.4, -0.2) is 80.4 Å². The van der Waals surface area contributed by atoms with Crippen molar-refractivity contribution in [2.45, 2.75) is 18.9 Å². The summed E-state index contributed by atoms with van der Waals surface area (Å²) in [4.78, 5) is 38.0. The predicted molar refractivity (Wildman–Crippen MR) is 104 cm³/mol. The number of hydrogen-bond acceptors (Lipinski definition) is 5. The van der Waals surface area contributed by atoms with Crippen molar-refractivity contribution < 1.29 is 22.8 Å². The summed E-state index contributed by atoms with van der Waals surface area (Å²) >= 11 is 0.